The Bertz CT molecular complexity index is 444. The van der Waals surface area contributed by atoms with Gasteiger partial charge >= 0.3 is 0 Å². The summed E-state index contributed by atoms with van der Waals surface area (Å²) in [6.07, 6.45) is 6.92. The summed E-state index contributed by atoms with van der Waals surface area (Å²) >= 11 is 0. The number of nitrogens with zero attached hydrogens (tertiary/aromatic N) is 2. The van der Waals surface area contributed by atoms with Gasteiger partial charge in [0.25, 0.3) is 10.2 Å². The molecule has 2 fully saturated rings. The van der Waals surface area contributed by atoms with Gasteiger partial charge in [-0.2, -0.15) is 17.0 Å². The number of hydrogen-bond donors (Lipinski definition) is 1. The first-order chi connectivity index (χ1) is 9.83. The van der Waals surface area contributed by atoms with Crippen molar-refractivity contribution in [3.8, 4) is 0 Å². The van der Waals surface area contributed by atoms with Crippen molar-refractivity contribution in [2.24, 2.45) is 11.7 Å². The maximum absolute atomic E-state index is 13.0. The quantitative estimate of drug-likeness (QED) is 0.862. The lowest BCUT2D eigenvalue weighted by Crippen LogP contribution is -2.60. The lowest BCUT2D eigenvalue weighted by atomic mass is 9.77. The van der Waals surface area contributed by atoms with Crippen LogP contribution in [0.25, 0.3) is 0 Å². The first kappa shape index (κ1) is 17.2. The minimum absolute atomic E-state index is 0.100. The third-order valence-electron chi connectivity index (χ3n) is 5.64. The van der Waals surface area contributed by atoms with E-state index in [4.69, 9.17) is 5.73 Å². The molecule has 1 heterocycles. The first-order valence-electron chi connectivity index (χ1n) is 8.29. The van der Waals surface area contributed by atoms with E-state index in [1.54, 1.807) is 15.7 Å². The van der Waals surface area contributed by atoms with Crippen LogP contribution in [0.2, 0.25) is 0 Å². The van der Waals surface area contributed by atoms with E-state index in [0.29, 0.717) is 19.0 Å². The molecule has 0 spiro atoms. The van der Waals surface area contributed by atoms with Gasteiger partial charge < -0.3 is 5.73 Å². The molecule has 5 nitrogen and oxygen atoms in total. The van der Waals surface area contributed by atoms with Gasteiger partial charge in [0.2, 0.25) is 0 Å². The minimum Gasteiger partial charge on any atom is -0.329 e. The molecule has 1 saturated carbocycles. The number of nitrogens with two attached hydrogens (primary N) is 1. The third kappa shape index (κ3) is 3.28. The van der Waals surface area contributed by atoms with Crippen LogP contribution in [0.5, 0.6) is 0 Å². The van der Waals surface area contributed by atoms with Crippen LogP contribution in [0, 0.1) is 5.92 Å². The van der Waals surface area contributed by atoms with Gasteiger partial charge in [0.15, 0.2) is 0 Å². The molecule has 0 radical (unpaired) electrons. The van der Waals surface area contributed by atoms with E-state index in [0.717, 1.165) is 44.9 Å². The molecule has 21 heavy (non-hydrogen) atoms. The highest BCUT2D eigenvalue weighted by Crippen LogP contribution is 2.37. The van der Waals surface area contributed by atoms with Crippen molar-refractivity contribution in [2.45, 2.75) is 70.4 Å². The Hall–Kier alpha value is -0.170. The number of rotatable bonds is 4. The van der Waals surface area contributed by atoms with Crippen molar-refractivity contribution in [3.63, 3.8) is 0 Å². The zero-order chi connectivity index (χ0) is 15.7. The van der Waals surface area contributed by atoms with Crippen LogP contribution in [-0.4, -0.2) is 48.7 Å². The fourth-order valence-corrected chi connectivity index (χ4v) is 5.74. The van der Waals surface area contributed by atoms with Crippen molar-refractivity contribution in [2.75, 3.05) is 20.1 Å². The standard InChI is InChI=1S/C15H31N3O2S/c1-13-7-9-15(12-16,10-8-13)17(3)21(19,20)18-11-5-4-6-14(18)2/h13-14H,4-12,16H2,1-3H3. The van der Waals surface area contributed by atoms with Crippen molar-refractivity contribution < 1.29 is 8.42 Å². The second-order valence-electron chi connectivity index (χ2n) is 7.04. The van der Waals surface area contributed by atoms with E-state index < -0.39 is 10.2 Å². The van der Waals surface area contributed by atoms with Gasteiger partial charge in [0.1, 0.15) is 0 Å². The van der Waals surface area contributed by atoms with Crippen LogP contribution in [0.4, 0.5) is 0 Å². The zero-order valence-electron chi connectivity index (χ0n) is 13.7. The minimum atomic E-state index is -3.41. The maximum Gasteiger partial charge on any atom is 0.282 e. The predicted octanol–water partition coefficient (Wildman–Crippen LogP) is 1.95. The van der Waals surface area contributed by atoms with E-state index in [2.05, 4.69) is 6.92 Å². The van der Waals surface area contributed by atoms with E-state index >= 15 is 0 Å². The molecule has 2 aliphatic rings. The molecule has 0 amide bonds. The second kappa shape index (κ2) is 6.52. The normalized spacial score (nSPS) is 36.0. The summed E-state index contributed by atoms with van der Waals surface area (Å²) in [7, 11) is -1.68. The summed E-state index contributed by atoms with van der Waals surface area (Å²) in [4.78, 5) is 0. The first-order valence-corrected chi connectivity index (χ1v) is 9.69. The Kier molecular flexibility index (Phi) is 5.34. The Labute approximate surface area is 130 Å². The van der Waals surface area contributed by atoms with Crippen LogP contribution < -0.4 is 5.73 Å². The molecule has 0 aromatic carbocycles. The van der Waals surface area contributed by atoms with Gasteiger partial charge in [-0.1, -0.05) is 13.3 Å². The number of piperidine rings is 1. The zero-order valence-corrected chi connectivity index (χ0v) is 14.5. The van der Waals surface area contributed by atoms with E-state index in [-0.39, 0.29) is 11.6 Å². The Morgan fingerprint density at radius 3 is 2.33 bits per heavy atom. The van der Waals surface area contributed by atoms with Gasteiger partial charge in [0.05, 0.1) is 0 Å². The van der Waals surface area contributed by atoms with E-state index in [9.17, 15) is 8.42 Å². The lowest BCUT2D eigenvalue weighted by Gasteiger charge is -2.47. The summed E-state index contributed by atoms with van der Waals surface area (Å²) in [5.74, 6) is 0.676. The summed E-state index contributed by atoms with van der Waals surface area (Å²) in [5, 5.41) is 0. The summed E-state index contributed by atoms with van der Waals surface area (Å²) < 4.78 is 29.4. The molecule has 1 aliphatic carbocycles. The van der Waals surface area contributed by atoms with E-state index in [1.807, 2.05) is 6.92 Å². The van der Waals surface area contributed by atoms with Crippen molar-refractivity contribution in [3.05, 3.63) is 0 Å². The highest BCUT2D eigenvalue weighted by Gasteiger charge is 2.45. The van der Waals surface area contributed by atoms with E-state index in [1.165, 1.54) is 0 Å². The van der Waals surface area contributed by atoms with Gasteiger partial charge in [-0.05, 0) is 51.4 Å². The fraction of sp³-hybridized carbons (Fsp3) is 1.00. The summed E-state index contributed by atoms with van der Waals surface area (Å²) in [6, 6.07) is 0.100. The summed E-state index contributed by atoms with van der Waals surface area (Å²) in [6.45, 7) is 5.31. The van der Waals surface area contributed by atoms with Gasteiger partial charge in [-0.25, -0.2) is 0 Å². The predicted molar refractivity (Wildman–Crippen MR) is 86.1 cm³/mol. The molecule has 0 aromatic heterocycles. The largest absolute Gasteiger partial charge is 0.329 e. The van der Waals surface area contributed by atoms with Crippen molar-refractivity contribution in [1.29, 1.82) is 0 Å². The highest BCUT2D eigenvalue weighted by molar-refractivity contribution is 7.86. The van der Waals surface area contributed by atoms with Crippen LogP contribution >= 0.6 is 0 Å². The fourth-order valence-electron chi connectivity index (χ4n) is 3.76. The Balaban J connectivity index is 2.21. The molecule has 2 rings (SSSR count). The number of likely N-dealkylation sites (N-methyl/N-ethyl adjacent to an activating group) is 1. The second-order valence-corrected chi connectivity index (χ2v) is 8.95. The smallest absolute Gasteiger partial charge is 0.282 e. The van der Waals surface area contributed by atoms with Crippen LogP contribution in [0.15, 0.2) is 0 Å². The molecule has 6 heteroatoms. The lowest BCUT2D eigenvalue weighted by molar-refractivity contribution is 0.122. The SMILES string of the molecule is CC1CCC(CN)(N(C)S(=O)(=O)N2CCCCC2C)CC1. The topological polar surface area (TPSA) is 66.6 Å². The molecule has 2 N–H and O–H groups in total. The van der Waals surface area contributed by atoms with Gasteiger partial charge in [-0.15, -0.1) is 0 Å². The summed E-state index contributed by atoms with van der Waals surface area (Å²) in [5.41, 5.74) is 5.63. The Morgan fingerprint density at radius 1 is 1.19 bits per heavy atom. The molecular weight excluding hydrogens is 286 g/mol. The molecular formula is C15H31N3O2S. The van der Waals surface area contributed by atoms with Crippen LogP contribution in [-0.2, 0) is 10.2 Å². The average molecular weight is 317 g/mol. The van der Waals surface area contributed by atoms with Crippen LogP contribution in [0.1, 0.15) is 58.8 Å². The molecule has 1 saturated heterocycles. The van der Waals surface area contributed by atoms with Crippen molar-refractivity contribution in [1.82, 2.24) is 8.61 Å². The highest BCUT2D eigenvalue weighted by atomic mass is 32.2. The molecule has 1 unspecified atom stereocenters. The average Bonchev–Trinajstić information content (AvgIpc) is 2.48. The Morgan fingerprint density at radius 2 is 1.81 bits per heavy atom. The molecule has 1 atom stereocenters. The molecule has 124 valence electrons. The van der Waals surface area contributed by atoms with Crippen LogP contribution in [0.3, 0.4) is 0 Å². The van der Waals surface area contributed by atoms with Gasteiger partial charge in [0, 0.05) is 31.7 Å². The maximum atomic E-state index is 13.0. The van der Waals surface area contributed by atoms with Crippen molar-refractivity contribution >= 4 is 10.2 Å². The monoisotopic (exact) mass is 317 g/mol. The molecule has 0 bridgehead atoms. The molecule has 0 aromatic rings. The molecule has 1 aliphatic heterocycles. The third-order valence-corrected chi connectivity index (χ3v) is 7.85. The number of hydrogen-bond acceptors (Lipinski definition) is 3. The van der Waals surface area contributed by atoms with Gasteiger partial charge in [-0.3, -0.25) is 0 Å².